The number of hydrogen-bond donors (Lipinski definition) is 2. The van der Waals surface area contributed by atoms with E-state index in [-0.39, 0.29) is 11.2 Å². The highest BCUT2D eigenvalue weighted by Gasteiger charge is 2.18. The van der Waals surface area contributed by atoms with Crippen LogP contribution in [0.3, 0.4) is 0 Å². The highest BCUT2D eigenvalue weighted by atomic mass is 32.2. The lowest BCUT2D eigenvalue weighted by molar-refractivity contribution is -0.115. The van der Waals surface area contributed by atoms with Crippen molar-refractivity contribution in [1.82, 2.24) is 10.2 Å². The molecule has 0 unspecified atom stereocenters. The molecule has 0 saturated heterocycles. The van der Waals surface area contributed by atoms with E-state index < -0.39 is 0 Å². The van der Waals surface area contributed by atoms with Gasteiger partial charge in [0.05, 0.1) is 18.1 Å². The smallest absolute Gasteiger partial charge is 0.237 e. The maximum atomic E-state index is 12.4. The number of carbonyl (C=O) groups excluding carboxylic acids is 1. The van der Waals surface area contributed by atoms with Gasteiger partial charge in [-0.3, -0.25) is 4.79 Å². The second kappa shape index (κ2) is 8.37. The first-order valence-electron chi connectivity index (χ1n) is 8.16. The second-order valence-corrected chi connectivity index (χ2v) is 8.44. The Morgan fingerprint density at radius 1 is 1.31 bits per heavy atom. The summed E-state index contributed by atoms with van der Waals surface area (Å²) in [5.41, 5.74) is 3.06. The molecule has 0 aliphatic heterocycles. The summed E-state index contributed by atoms with van der Waals surface area (Å²) < 4.78 is 6.01. The number of rotatable bonds is 7. The van der Waals surface area contributed by atoms with Crippen LogP contribution in [0, 0.1) is 13.8 Å². The Labute approximate surface area is 160 Å². The number of benzene rings is 1. The molecule has 3 rings (SSSR count). The summed E-state index contributed by atoms with van der Waals surface area (Å²) in [6.07, 6.45) is 1.63. The summed E-state index contributed by atoms with van der Waals surface area (Å²) in [5, 5.41) is 14.8. The van der Waals surface area contributed by atoms with Gasteiger partial charge in [0.1, 0.15) is 5.76 Å². The van der Waals surface area contributed by atoms with Gasteiger partial charge in [-0.15, -0.1) is 10.2 Å². The Hall–Kier alpha value is -2.32. The third-order valence-corrected chi connectivity index (χ3v) is 5.75. The topological polar surface area (TPSA) is 80.0 Å². The molecular formula is C18H20N4O2S2. The van der Waals surface area contributed by atoms with Crippen LogP contribution < -0.4 is 10.6 Å². The van der Waals surface area contributed by atoms with Gasteiger partial charge >= 0.3 is 0 Å². The number of amides is 1. The second-order valence-electron chi connectivity index (χ2n) is 5.87. The molecule has 0 spiro atoms. The molecule has 0 aliphatic carbocycles. The van der Waals surface area contributed by atoms with Crippen LogP contribution in [-0.4, -0.2) is 21.4 Å². The number of hydrogen-bond acceptors (Lipinski definition) is 7. The zero-order valence-corrected chi connectivity index (χ0v) is 16.4. The van der Waals surface area contributed by atoms with E-state index in [0.717, 1.165) is 21.4 Å². The molecule has 2 aromatic heterocycles. The number of aromatic nitrogens is 2. The molecule has 0 radical (unpaired) electrons. The predicted octanol–water partition coefficient (Wildman–Crippen LogP) is 4.48. The molecule has 26 heavy (non-hydrogen) atoms. The van der Waals surface area contributed by atoms with Crippen molar-refractivity contribution in [3.8, 4) is 0 Å². The third kappa shape index (κ3) is 4.86. The molecule has 0 bridgehead atoms. The normalized spacial score (nSPS) is 12.0. The average molecular weight is 389 g/mol. The summed E-state index contributed by atoms with van der Waals surface area (Å²) in [6.45, 7) is 6.43. The number of nitrogens with zero attached hydrogens (tertiary/aromatic N) is 2. The fourth-order valence-corrected chi connectivity index (χ4v) is 4.19. The Balaban J connectivity index is 1.53. The lowest BCUT2D eigenvalue weighted by atomic mass is 10.1. The molecule has 136 valence electrons. The molecule has 1 aromatic carbocycles. The molecule has 0 fully saturated rings. The van der Waals surface area contributed by atoms with Crippen LogP contribution in [-0.2, 0) is 11.3 Å². The first kappa shape index (κ1) is 18.5. The number of carbonyl (C=O) groups is 1. The van der Waals surface area contributed by atoms with Crippen molar-refractivity contribution < 1.29 is 9.21 Å². The van der Waals surface area contributed by atoms with Gasteiger partial charge in [0.2, 0.25) is 11.0 Å². The molecular weight excluding hydrogens is 368 g/mol. The van der Waals surface area contributed by atoms with Crippen molar-refractivity contribution in [1.29, 1.82) is 0 Å². The van der Waals surface area contributed by atoms with Crippen molar-refractivity contribution in [3.63, 3.8) is 0 Å². The number of nitrogens with one attached hydrogen (secondary N) is 2. The summed E-state index contributed by atoms with van der Waals surface area (Å²) in [5.74, 6) is 0.776. The maximum absolute atomic E-state index is 12.4. The minimum absolute atomic E-state index is 0.0535. The van der Waals surface area contributed by atoms with E-state index in [4.69, 9.17) is 4.42 Å². The van der Waals surface area contributed by atoms with Crippen LogP contribution in [0.5, 0.6) is 0 Å². The molecule has 3 aromatic rings. The quantitative estimate of drug-likeness (QED) is 0.581. The van der Waals surface area contributed by atoms with Crippen LogP contribution >= 0.6 is 23.1 Å². The van der Waals surface area contributed by atoms with Crippen LogP contribution in [0.1, 0.15) is 23.8 Å². The van der Waals surface area contributed by atoms with E-state index in [1.807, 2.05) is 45.0 Å². The van der Waals surface area contributed by atoms with Crippen LogP contribution in [0.2, 0.25) is 0 Å². The molecule has 2 N–H and O–H groups in total. The lowest BCUT2D eigenvalue weighted by Gasteiger charge is -2.12. The number of furan rings is 1. The fourth-order valence-electron chi connectivity index (χ4n) is 2.30. The van der Waals surface area contributed by atoms with Crippen molar-refractivity contribution in [3.05, 3.63) is 53.5 Å². The van der Waals surface area contributed by atoms with E-state index in [2.05, 4.69) is 26.9 Å². The zero-order valence-electron chi connectivity index (χ0n) is 14.8. The maximum Gasteiger partial charge on any atom is 0.237 e. The van der Waals surface area contributed by atoms with Gasteiger partial charge in [0.25, 0.3) is 0 Å². The summed E-state index contributed by atoms with van der Waals surface area (Å²) >= 11 is 2.81. The van der Waals surface area contributed by atoms with Gasteiger partial charge in [-0.25, -0.2) is 0 Å². The number of aryl methyl sites for hydroxylation is 2. The fraction of sp³-hybridized carbons (Fsp3) is 0.278. The van der Waals surface area contributed by atoms with Crippen LogP contribution in [0.4, 0.5) is 10.8 Å². The Bertz CT molecular complexity index is 877. The highest BCUT2D eigenvalue weighted by molar-refractivity contribution is 8.02. The van der Waals surface area contributed by atoms with Gasteiger partial charge in [-0.1, -0.05) is 40.8 Å². The monoisotopic (exact) mass is 388 g/mol. The molecule has 0 aliphatic rings. The molecule has 6 nitrogen and oxygen atoms in total. The van der Waals surface area contributed by atoms with E-state index in [1.165, 1.54) is 28.7 Å². The molecule has 1 amide bonds. The zero-order chi connectivity index (χ0) is 18.5. The predicted molar refractivity (Wildman–Crippen MR) is 106 cm³/mol. The minimum Gasteiger partial charge on any atom is -0.467 e. The van der Waals surface area contributed by atoms with Gasteiger partial charge in [-0.2, -0.15) is 0 Å². The van der Waals surface area contributed by atoms with Gasteiger partial charge in [-0.05, 0) is 44.5 Å². The summed E-state index contributed by atoms with van der Waals surface area (Å²) in [7, 11) is 0. The Morgan fingerprint density at radius 3 is 2.88 bits per heavy atom. The Morgan fingerprint density at radius 2 is 2.15 bits per heavy atom. The van der Waals surface area contributed by atoms with Crippen molar-refractivity contribution in [2.75, 3.05) is 10.6 Å². The van der Waals surface area contributed by atoms with Crippen molar-refractivity contribution >= 4 is 39.8 Å². The number of thioether (sulfide) groups is 1. The highest BCUT2D eigenvalue weighted by Crippen LogP contribution is 2.30. The largest absolute Gasteiger partial charge is 0.467 e. The SMILES string of the molecule is Cc1ccc(NC(=O)[C@H](C)Sc2nnc(NCc3ccco3)s2)c(C)c1. The average Bonchev–Trinajstić information content (AvgIpc) is 3.27. The standard InChI is InChI=1S/C18H20N4O2S2/c1-11-6-7-15(12(2)9-11)20-16(23)13(3)25-18-22-21-17(26-18)19-10-14-5-4-8-24-14/h4-9,13H,10H2,1-3H3,(H,19,21)(H,20,23)/t13-/m0/s1. The summed E-state index contributed by atoms with van der Waals surface area (Å²) in [6, 6.07) is 9.70. The van der Waals surface area contributed by atoms with E-state index >= 15 is 0 Å². The van der Waals surface area contributed by atoms with Gasteiger partial charge in [0.15, 0.2) is 4.34 Å². The molecule has 1 atom stereocenters. The van der Waals surface area contributed by atoms with E-state index in [1.54, 1.807) is 6.26 Å². The van der Waals surface area contributed by atoms with Gasteiger partial charge < -0.3 is 15.1 Å². The molecule has 8 heteroatoms. The lowest BCUT2D eigenvalue weighted by Crippen LogP contribution is -2.22. The van der Waals surface area contributed by atoms with E-state index in [9.17, 15) is 4.79 Å². The summed E-state index contributed by atoms with van der Waals surface area (Å²) in [4.78, 5) is 12.4. The van der Waals surface area contributed by atoms with Crippen molar-refractivity contribution in [2.24, 2.45) is 0 Å². The first-order chi connectivity index (χ1) is 12.5. The van der Waals surface area contributed by atoms with Crippen molar-refractivity contribution in [2.45, 2.75) is 36.9 Å². The molecule has 0 saturated carbocycles. The Kier molecular flexibility index (Phi) is 5.95. The first-order valence-corrected chi connectivity index (χ1v) is 9.85. The molecule has 2 heterocycles. The van der Waals surface area contributed by atoms with Crippen LogP contribution in [0.15, 0.2) is 45.4 Å². The van der Waals surface area contributed by atoms with E-state index in [0.29, 0.717) is 11.7 Å². The number of anilines is 2. The third-order valence-electron chi connectivity index (χ3n) is 3.69. The van der Waals surface area contributed by atoms with Gasteiger partial charge in [0, 0.05) is 5.69 Å². The minimum atomic E-state index is -0.276. The van der Waals surface area contributed by atoms with Crippen LogP contribution in [0.25, 0.3) is 0 Å².